The van der Waals surface area contributed by atoms with E-state index in [0.717, 1.165) is 52.6 Å². The van der Waals surface area contributed by atoms with Crippen molar-refractivity contribution in [1.29, 1.82) is 0 Å². The summed E-state index contributed by atoms with van der Waals surface area (Å²) in [5.74, 6) is 1.59. The molecule has 2 aromatic heterocycles. The summed E-state index contributed by atoms with van der Waals surface area (Å²) in [7, 11) is 0. The molecular formula is C32H31Cl2N7O. The van der Waals surface area contributed by atoms with Gasteiger partial charge in [0.1, 0.15) is 11.6 Å². The lowest BCUT2D eigenvalue weighted by molar-refractivity contribution is 0.215. The molecule has 2 amide bonds. The summed E-state index contributed by atoms with van der Waals surface area (Å²) in [6.07, 6.45) is 1.40. The average molecular weight is 601 g/mol. The Balaban J connectivity index is 1.32. The normalized spacial score (nSPS) is 13.8. The van der Waals surface area contributed by atoms with Gasteiger partial charge in [-0.2, -0.15) is 5.10 Å². The Kier molecular flexibility index (Phi) is 8.00. The van der Waals surface area contributed by atoms with Gasteiger partial charge in [-0.3, -0.25) is 0 Å². The summed E-state index contributed by atoms with van der Waals surface area (Å²) >= 11 is 12.2. The van der Waals surface area contributed by atoms with Crippen LogP contribution in [0, 0.1) is 13.8 Å². The number of benzene rings is 3. The molecule has 0 spiro atoms. The minimum Gasteiger partial charge on any atom is -0.354 e. The first-order chi connectivity index (χ1) is 20.4. The molecule has 1 N–H and O–H groups in total. The first kappa shape index (κ1) is 28.0. The summed E-state index contributed by atoms with van der Waals surface area (Å²) < 4.78 is 1.91. The predicted molar refractivity (Wildman–Crippen MR) is 169 cm³/mol. The van der Waals surface area contributed by atoms with Crippen molar-refractivity contribution in [3.63, 3.8) is 0 Å². The molecule has 1 fully saturated rings. The van der Waals surface area contributed by atoms with Crippen molar-refractivity contribution in [2.24, 2.45) is 0 Å². The molecule has 10 heteroatoms. The van der Waals surface area contributed by atoms with E-state index < -0.39 is 0 Å². The molecule has 214 valence electrons. The molecule has 3 aromatic carbocycles. The highest BCUT2D eigenvalue weighted by Crippen LogP contribution is 2.31. The summed E-state index contributed by atoms with van der Waals surface area (Å²) in [4.78, 5) is 27.4. The van der Waals surface area contributed by atoms with E-state index in [-0.39, 0.29) is 6.03 Å². The van der Waals surface area contributed by atoms with Crippen LogP contribution in [-0.4, -0.2) is 56.9 Å². The highest BCUT2D eigenvalue weighted by molar-refractivity contribution is 6.42. The fraction of sp³-hybridized carbons (Fsp3) is 0.250. The number of carbonyl (C=O) groups is 1. The van der Waals surface area contributed by atoms with Crippen LogP contribution in [0.1, 0.15) is 29.1 Å². The molecule has 0 saturated carbocycles. The van der Waals surface area contributed by atoms with Crippen molar-refractivity contribution >= 4 is 51.8 Å². The van der Waals surface area contributed by atoms with Crippen molar-refractivity contribution in [3.05, 3.63) is 105 Å². The number of carbonyl (C=O) groups excluding carboxylic acids is 1. The first-order valence-corrected chi connectivity index (χ1v) is 14.7. The lowest BCUT2D eigenvalue weighted by atomic mass is 10.1. The second kappa shape index (κ2) is 12.0. The molecule has 1 saturated heterocycles. The van der Waals surface area contributed by atoms with Gasteiger partial charge in [0.05, 0.1) is 26.8 Å². The maximum atomic E-state index is 13.1. The van der Waals surface area contributed by atoms with Crippen LogP contribution in [0.25, 0.3) is 16.7 Å². The second-order valence-electron chi connectivity index (χ2n) is 10.5. The minimum absolute atomic E-state index is 0.170. The number of aromatic nitrogens is 4. The molecule has 1 aliphatic heterocycles. The molecule has 0 aliphatic carbocycles. The number of nitrogens with zero attached hydrogens (tertiary/aromatic N) is 6. The lowest BCUT2D eigenvalue weighted by Gasteiger charge is -2.24. The minimum atomic E-state index is -0.170. The number of para-hydroxylation sites is 1. The maximum Gasteiger partial charge on any atom is 0.321 e. The maximum absolute atomic E-state index is 13.1. The Morgan fingerprint density at radius 3 is 2.43 bits per heavy atom. The van der Waals surface area contributed by atoms with Gasteiger partial charge in [-0.05, 0) is 56.2 Å². The van der Waals surface area contributed by atoms with Crippen LogP contribution in [-0.2, 0) is 6.42 Å². The van der Waals surface area contributed by atoms with Crippen LogP contribution >= 0.6 is 23.2 Å². The zero-order valence-corrected chi connectivity index (χ0v) is 25.0. The highest BCUT2D eigenvalue weighted by atomic mass is 35.5. The Bertz CT molecular complexity index is 1740. The van der Waals surface area contributed by atoms with Gasteiger partial charge in [-0.1, -0.05) is 71.2 Å². The quantitative estimate of drug-likeness (QED) is 0.233. The van der Waals surface area contributed by atoms with Gasteiger partial charge < -0.3 is 15.1 Å². The van der Waals surface area contributed by atoms with Crippen molar-refractivity contribution in [2.45, 2.75) is 26.7 Å². The monoisotopic (exact) mass is 599 g/mol. The molecule has 42 heavy (non-hydrogen) atoms. The Labute approximate surface area is 254 Å². The SMILES string of the molecule is Cc1ccc(Cc2nc(N3CCCN(C(=O)Nc4ccc(Cl)c(Cl)c4)CC3)c3c(C)nn(-c4ccccc4)c3n2)cc1. The number of fused-ring (bicyclic) bond motifs is 1. The van der Waals surface area contributed by atoms with E-state index in [2.05, 4.69) is 41.4 Å². The topological polar surface area (TPSA) is 79.2 Å². The van der Waals surface area contributed by atoms with E-state index in [1.54, 1.807) is 18.2 Å². The second-order valence-corrected chi connectivity index (χ2v) is 11.4. The first-order valence-electron chi connectivity index (χ1n) is 14.0. The van der Waals surface area contributed by atoms with E-state index in [4.69, 9.17) is 38.3 Å². The summed E-state index contributed by atoms with van der Waals surface area (Å²) in [6, 6.07) is 23.4. The Hall–Kier alpha value is -4.14. The zero-order chi connectivity index (χ0) is 29.2. The van der Waals surface area contributed by atoms with E-state index in [1.165, 1.54) is 5.56 Å². The number of rotatable bonds is 5. The van der Waals surface area contributed by atoms with E-state index in [1.807, 2.05) is 46.8 Å². The standard InChI is InChI=1S/C32H31Cl2N7O/c1-21-9-11-23(12-10-21)19-28-36-30(29-22(2)38-41(31(29)37-28)25-7-4-3-5-8-25)39-15-6-16-40(18-17-39)32(42)35-24-13-14-26(33)27(34)20-24/h3-5,7-14,20H,6,15-19H2,1-2H3,(H,35,42). The fourth-order valence-corrected chi connectivity index (χ4v) is 5.56. The number of hydrogen-bond donors (Lipinski definition) is 1. The Morgan fingerprint density at radius 1 is 0.881 bits per heavy atom. The third kappa shape index (κ3) is 5.91. The van der Waals surface area contributed by atoms with Crippen LogP contribution in [0.3, 0.4) is 0 Å². The van der Waals surface area contributed by atoms with Gasteiger partial charge in [0.25, 0.3) is 0 Å². The molecular weight excluding hydrogens is 569 g/mol. The van der Waals surface area contributed by atoms with Crippen molar-refractivity contribution in [1.82, 2.24) is 24.6 Å². The van der Waals surface area contributed by atoms with Crippen LogP contribution in [0.4, 0.5) is 16.3 Å². The number of anilines is 2. The van der Waals surface area contributed by atoms with Gasteiger partial charge >= 0.3 is 6.03 Å². The van der Waals surface area contributed by atoms with E-state index in [9.17, 15) is 4.79 Å². The summed E-state index contributed by atoms with van der Waals surface area (Å²) in [5.41, 5.74) is 5.56. The summed E-state index contributed by atoms with van der Waals surface area (Å²) in [5, 5.41) is 9.62. The molecule has 8 nitrogen and oxygen atoms in total. The molecule has 0 atom stereocenters. The van der Waals surface area contributed by atoms with Gasteiger partial charge in [-0.25, -0.2) is 19.4 Å². The third-order valence-corrected chi connectivity index (χ3v) is 8.21. The van der Waals surface area contributed by atoms with Crippen LogP contribution in [0.2, 0.25) is 10.0 Å². The molecule has 3 heterocycles. The molecule has 0 bridgehead atoms. The van der Waals surface area contributed by atoms with Gasteiger partial charge in [0.15, 0.2) is 5.65 Å². The largest absolute Gasteiger partial charge is 0.354 e. The van der Waals surface area contributed by atoms with Gasteiger partial charge in [0, 0.05) is 38.3 Å². The van der Waals surface area contributed by atoms with Crippen molar-refractivity contribution in [2.75, 3.05) is 36.4 Å². The van der Waals surface area contributed by atoms with E-state index in [0.29, 0.717) is 41.8 Å². The van der Waals surface area contributed by atoms with Crippen molar-refractivity contribution in [3.8, 4) is 5.69 Å². The number of amides is 2. The van der Waals surface area contributed by atoms with Crippen LogP contribution < -0.4 is 10.2 Å². The molecule has 0 unspecified atom stereocenters. The fourth-order valence-electron chi connectivity index (χ4n) is 5.26. The zero-order valence-electron chi connectivity index (χ0n) is 23.5. The number of halogens is 2. The molecule has 6 rings (SSSR count). The average Bonchev–Trinajstić information content (AvgIpc) is 3.15. The Morgan fingerprint density at radius 2 is 1.67 bits per heavy atom. The van der Waals surface area contributed by atoms with Gasteiger partial charge in [0.2, 0.25) is 0 Å². The predicted octanol–water partition coefficient (Wildman–Crippen LogP) is 7.07. The summed E-state index contributed by atoms with van der Waals surface area (Å²) in [6.45, 7) is 6.62. The van der Waals surface area contributed by atoms with Crippen LogP contribution in [0.5, 0.6) is 0 Å². The molecule has 5 aromatic rings. The third-order valence-electron chi connectivity index (χ3n) is 7.47. The number of aryl methyl sites for hydroxylation is 2. The van der Waals surface area contributed by atoms with Gasteiger partial charge in [-0.15, -0.1) is 0 Å². The number of nitrogens with one attached hydrogen (secondary N) is 1. The smallest absolute Gasteiger partial charge is 0.321 e. The number of hydrogen-bond acceptors (Lipinski definition) is 5. The van der Waals surface area contributed by atoms with Crippen molar-refractivity contribution < 1.29 is 4.79 Å². The highest BCUT2D eigenvalue weighted by Gasteiger charge is 2.25. The number of urea groups is 1. The lowest BCUT2D eigenvalue weighted by Crippen LogP contribution is -2.38. The van der Waals surface area contributed by atoms with E-state index >= 15 is 0 Å². The molecule has 0 radical (unpaired) electrons. The van der Waals surface area contributed by atoms with Crippen LogP contribution in [0.15, 0.2) is 72.8 Å². The molecule has 1 aliphatic rings.